The summed E-state index contributed by atoms with van der Waals surface area (Å²) in [5, 5.41) is 7.21. The molecule has 3 N–H and O–H groups in total. The molecule has 0 bridgehead atoms. The second kappa shape index (κ2) is 8.13. The molecular formula is C25H21N7O. The first-order valence-electron chi connectivity index (χ1n) is 10.5. The number of hydrogen-bond acceptors (Lipinski definition) is 5. The Morgan fingerprint density at radius 2 is 1.94 bits per heavy atom. The number of anilines is 1. The van der Waals surface area contributed by atoms with Gasteiger partial charge in [-0.05, 0) is 38.0 Å². The van der Waals surface area contributed by atoms with Crippen LogP contribution in [0.5, 0.6) is 0 Å². The molecule has 1 aromatic carbocycles. The number of amides is 1. The van der Waals surface area contributed by atoms with Gasteiger partial charge in [0.05, 0.1) is 23.1 Å². The van der Waals surface area contributed by atoms with E-state index in [2.05, 4.69) is 27.2 Å². The van der Waals surface area contributed by atoms with Crippen LogP contribution in [0.15, 0.2) is 67.0 Å². The third-order valence-corrected chi connectivity index (χ3v) is 5.38. The van der Waals surface area contributed by atoms with Crippen molar-refractivity contribution in [1.29, 1.82) is 0 Å². The van der Waals surface area contributed by atoms with Gasteiger partial charge in [0.15, 0.2) is 11.5 Å². The molecule has 0 fully saturated rings. The van der Waals surface area contributed by atoms with E-state index in [9.17, 15) is 4.79 Å². The Hall–Kier alpha value is -4.64. The van der Waals surface area contributed by atoms with Crippen LogP contribution in [0, 0.1) is 11.8 Å². The van der Waals surface area contributed by atoms with E-state index in [1.54, 1.807) is 25.4 Å². The van der Waals surface area contributed by atoms with E-state index in [0.717, 1.165) is 28.3 Å². The van der Waals surface area contributed by atoms with E-state index in [-0.39, 0.29) is 17.3 Å². The first-order valence-corrected chi connectivity index (χ1v) is 10.5. The Balaban J connectivity index is 1.62. The van der Waals surface area contributed by atoms with E-state index in [1.807, 2.05) is 59.9 Å². The van der Waals surface area contributed by atoms with Gasteiger partial charge < -0.3 is 11.1 Å². The number of benzene rings is 1. The molecule has 0 saturated carbocycles. The summed E-state index contributed by atoms with van der Waals surface area (Å²) in [6.45, 7) is 3.70. The molecule has 0 spiro atoms. The second-order valence-corrected chi connectivity index (χ2v) is 7.53. The maximum atomic E-state index is 13.2. The van der Waals surface area contributed by atoms with E-state index in [4.69, 9.17) is 10.7 Å². The summed E-state index contributed by atoms with van der Waals surface area (Å²) in [5.74, 6) is 5.88. The highest BCUT2D eigenvalue weighted by atomic mass is 16.1. The molecule has 4 heterocycles. The van der Waals surface area contributed by atoms with Gasteiger partial charge in [0.2, 0.25) is 0 Å². The molecule has 0 aliphatic carbocycles. The van der Waals surface area contributed by atoms with Crippen LogP contribution in [0.25, 0.3) is 22.6 Å². The SMILES string of the molecule is CC#Cc1cccc2nc([C@@H](C)NC(=O)c3c(N)nn4cccnc34)c(-c3ccccc3)n12. The van der Waals surface area contributed by atoms with Gasteiger partial charge in [0.1, 0.15) is 11.2 Å². The molecule has 0 unspecified atom stereocenters. The predicted molar refractivity (Wildman–Crippen MR) is 126 cm³/mol. The van der Waals surface area contributed by atoms with Gasteiger partial charge in [-0.1, -0.05) is 42.3 Å². The minimum Gasteiger partial charge on any atom is -0.381 e. The fraction of sp³-hybridized carbons (Fsp3) is 0.120. The van der Waals surface area contributed by atoms with Crippen molar-refractivity contribution in [2.75, 3.05) is 5.73 Å². The zero-order valence-electron chi connectivity index (χ0n) is 18.1. The lowest BCUT2D eigenvalue weighted by molar-refractivity contribution is 0.0941. The summed E-state index contributed by atoms with van der Waals surface area (Å²) in [7, 11) is 0. The van der Waals surface area contributed by atoms with Crippen molar-refractivity contribution in [2.45, 2.75) is 19.9 Å². The molecule has 0 saturated heterocycles. The van der Waals surface area contributed by atoms with Gasteiger partial charge in [0.25, 0.3) is 5.91 Å². The average molecular weight is 435 g/mol. The van der Waals surface area contributed by atoms with Crippen molar-refractivity contribution in [3.8, 4) is 23.1 Å². The number of fused-ring (bicyclic) bond motifs is 2. The molecule has 0 aliphatic rings. The monoisotopic (exact) mass is 435 g/mol. The Morgan fingerprint density at radius 1 is 1.12 bits per heavy atom. The van der Waals surface area contributed by atoms with Crippen LogP contribution in [0.3, 0.4) is 0 Å². The number of nitrogen functional groups attached to an aromatic ring is 1. The van der Waals surface area contributed by atoms with Gasteiger partial charge >= 0.3 is 0 Å². The van der Waals surface area contributed by atoms with Crippen LogP contribution in [0.4, 0.5) is 5.82 Å². The molecule has 5 aromatic rings. The third kappa shape index (κ3) is 3.46. The van der Waals surface area contributed by atoms with Crippen molar-refractivity contribution in [3.63, 3.8) is 0 Å². The van der Waals surface area contributed by atoms with Crippen molar-refractivity contribution in [1.82, 2.24) is 29.3 Å². The molecule has 5 rings (SSSR count). The lowest BCUT2D eigenvalue weighted by Gasteiger charge is -2.14. The summed E-state index contributed by atoms with van der Waals surface area (Å²) in [6, 6.07) is 17.1. The van der Waals surface area contributed by atoms with E-state index in [1.165, 1.54) is 4.52 Å². The number of nitrogens with one attached hydrogen (secondary N) is 1. The standard InChI is InChI=1S/C25H21N7O/c1-3-9-18-12-7-13-19-29-21(22(32(18)19)17-10-5-4-6-11-17)16(2)28-25(33)20-23(26)30-31-15-8-14-27-24(20)31/h4-8,10-16H,1-2H3,(H2,26,30)(H,28,33)/t16-/m1/s1. The highest BCUT2D eigenvalue weighted by molar-refractivity contribution is 6.04. The number of carbonyl (C=O) groups excluding carboxylic acids is 1. The maximum absolute atomic E-state index is 13.2. The first-order chi connectivity index (χ1) is 16.1. The molecule has 1 atom stereocenters. The number of nitrogens with two attached hydrogens (primary N) is 1. The van der Waals surface area contributed by atoms with Crippen LogP contribution in [-0.2, 0) is 0 Å². The Morgan fingerprint density at radius 3 is 2.73 bits per heavy atom. The third-order valence-electron chi connectivity index (χ3n) is 5.38. The molecule has 33 heavy (non-hydrogen) atoms. The fourth-order valence-corrected chi connectivity index (χ4v) is 3.97. The fourth-order valence-electron chi connectivity index (χ4n) is 3.97. The molecule has 0 aliphatic heterocycles. The lowest BCUT2D eigenvalue weighted by Crippen LogP contribution is -2.28. The molecular weight excluding hydrogens is 414 g/mol. The number of nitrogens with zero attached hydrogens (tertiary/aromatic N) is 5. The van der Waals surface area contributed by atoms with Crippen molar-refractivity contribution in [3.05, 3.63) is 83.9 Å². The number of aromatic nitrogens is 5. The van der Waals surface area contributed by atoms with Gasteiger partial charge in [0, 0.05) is 18.0 Å². The topological polar surface area (TPSA) is 103 Å². The number of carbonyl (C=O) groups is 1. The van der Waals surface area contributed by atoms with Crippen LogP contribution in [0.1, 0.15) is 41.6 Å². The molecule has 4 aromatic heterocycles. The zero-order chi connectivity index (χ0) is 22.9. The van der Waals surface area contributed by atoms with Gasteiger partial charge in [-0.15, -0.1) is 5.10 Å². The van der Waals surface area contributed by atoms with Gasteiger partial charge in [-0.2, -0.15) is 0 Å². The predicted octanol–water partition coefficient (Wildman–Crippen LogP) is 3.49. The van der Waals surface area contributed by atoms with Gasteiger partial charge in [-0.25, -0.2) is 14.5 Å². The van der Waals surface area contributed by atoms with Crippen molar-refractivity contribution < 1.29 is 4.79 Å². The Kier molecular flexibility index (Phi) is 4.99. The summed E-state index contributed by atoms with van der Waals surface area (Å²) in [6.07, 6.45) is 3.30. The van der Waals surface area contributed by atoms with Crippen LogP contribution in [-0.4, -0.2) is 29.9 Å². The number of hydrogen-bond donors (Lipinski definition) is 2. The first kappa shape index (κ1) is 20.3. The normalized spacial score (nSPS) is 11.8. The quantitative estimate of drug-likeness (QED) is 0.421. The van der Waals surface area contributed by atoms with Crippen molar-refractivity contribution in [2.24, 2.45) is 0 Å². The second-order valence-electron chi connectivity index (χ2n) is 7.53. The molecule has 8 nitrogen and oxygen atoms in total. The van der Waals surface area contributed by atoms with E-state index >= 15 is 0 Å². The number of pyridine rings is 1. The van der Waals surface area contributed by atoms with Crippen molar-refractivity contribution >= 4 is 23.0 Å². The van der Waals surface area contributed by atoms with E-state index < -0.39 is 6.04 Å². The molecule has 1 amide bonds. The van der Waals surface area contributed by atoms with Crippen LogP contribution in [0.2, 0.25) is 0 Å². The minimum atomic E-state index is -0.423. The highest BCUT2D eigenvalue weighted by Gasteiger charge is 2.25. The minimum absolute atomic E-state index is 0.122. The smallest absolute Gasteiger partial charge is 0.259 e. The molecule has 8 heteroatoms. The maximum Gasteiger partial charge on any atom is 0.259 e. The number of rotatable bonds is 4. The Bertz CT molecular complexity index is 1550. The van der Waals surface area contributed by atoms with Crippen LogP contribution >= 0.6 is 0 Å². The average Bonchev–Trinajstić information content (AvgIpc) is 3.38. The van der Waals surface area contributed by atoms with Gasteiger partial charge in [-0.3, -0.25) is 9.20 Å². The molecule has 0 radical (unpaired) electrons. The van der Waals surface area contributed by atoms with Crippen LogP contribution < -0.4 is 11.1 Å². The number of imidazole rings is 1. The largest absolute Gasteiger partial charge is 0.381 e. The van der Waals surface area contributed by atoms with E-state index in [0.29, 0.717) is 5.65 Å². The lowest BCUT2D eigenvalue weighted by atomic mass is 10.1. The summed E-state index contributed by atoms with van der Waals surface area (Å²) in [4.78, 5) is 22.3. The summed E-state index contributed by atoms with van der Waals surface area (Å²) < 4.78 is 3.51. The molecule has 162 valence electrons. The highest BCUT2D eigenvalue weighted by Crippen LogP contribution is 2.31. The summed E-state index contributed by atoms with van der Waals surface area (Å²) >= 11 is 0. The zero-order valence-corrected chi connectivity index (χ0v) is 18.1. The summed E-state index contributed by atoms with van der Waals surface area (Å²) in [5.41, 5.74) is 10.8. The Labute approximate surface area is 190 Å².